The zero-order chi connectivity index (χ0) is 13.8. The molecule has 0 unspecified atom stereocenters. The van der Waals surface area contributed by atoms with Gasteiger partial charge < -0.3 is 9.84 Å². The van der Waals surface area contributed by atoms with Crippen LogP contribution in [0.2, 0.25) is 0 Å². The van der Waals surface area contributed by atoms with Crippen molar-refractivity contribution >= 4 is 0 Å². The molecule has 0 aliphatic rings. The molecule has 0 radical (unpaired) electrons. The van der Waals surface area contributed by atoms with Gasteiger partial charge in [-0.1, -0.05) is 19.0 Å². The molecule has 104 valence electrons. The lowest BCUT2D eigenvalue weighted by molar-refractivity contribution is 0.362. The lowest BCUT2D eigenvalue weighted by Gasteiger charge is -2.04. The third-order valence-corrected chi connectivity index (χ3v) is 2.88. The van der Waals surface area contributed by atoms with Gasteiger partial charge in [-0.05, 0) is 32.4 Å². The number of aryl methyl sites for hydroxylation is 2. The average molecular weight is 262 g/mol. The van der Waals surface area contributed by atoms with Crippen molar-refractivity contribution in [1.29, 1.82) is 0 Å². The molecule has 19 heavy (non-hydrogen) atoms. The molecule has 5 nitrogen and oxygen atoms in total. The molecule has 0 atom stereocenters. The van der Waals surface area contributed by atoms with Crippen LogP contribution in [0.15, 0.2) is 16.7 Å². The summed E-state index contributed by atoms with van der Waals surface area (Å²) >= 11 is 0. The molecule has 0 aromatic carbocycles. The summed E-state index contributed by atoms with van der Waals surface area (Å²) in [6.45, 7) is 10.8. The summed E-state index contributed by atoms with van der Waals surface area (Å²) in [6.07, 6.45) is 0. The van der Waals surface area contributed by atoms with Gasteiger partial charge in [-0.2, -0.15) is 5.10 Å². The predicted octanol–water partition coefficient (Wildman–Crippen LogP) is 2.28. The monoisotopic (exact) mass is 262 g/mol. The van der Waals surface area contributed by atoms with Crippen LogP contribution in [0.5, 0.6) is 0 Å². The number of nitrogens with zero attached hydrogens (tertiary/aromatic N) is 3. The van der Waals surface area contributed by atoms with Gasteiger partial charge in [0.15, 0.2) is 5.76 Å². The van der Waals surface area contributed by atoms with E-state index in [1.807, 2.05) is 24.6 Å². The van der Waals surface area contributed by atoms with Crippen LogP contribution in [0, 0.1) is 19.8 Å². The van der Waals surface area contributed by atoms with E-state index >= 15 is 0 Å². The van der Waals surface area contributed by atoms with E-state index in [1.165, 1.54) is 0 Å². The van der Waals surface area contributed by atoms with Crippen LogP contribution < -0.4 is 5.32 Å². The van der Waals surface area contributed by atoms with Crippen molar-refractivity contribution in [2.75, 3.05) is 6.54 Å². The molecular formula is C14H22N4O. The molecule has 2 aromatic rings. The average Bonchev–Trinajstić information content (AvgIpc) is 2.87. The fourth-order valence-corrected chi connectivity index (χ4v) is 1.99. The van der Waals surface area contributed by atoms with Gasteiger partial charge in [0, 0.05) is 18.3 Å². The van der Waals surface area contributed by atoms with E-state index < -0.39 is 0 Å². The van der Waals surface area contributed by atoms with Gasteiger partial charge in [0.2, 0.25) is 0 Å². The zero-order valence-corrected chi connectivity index (χ0v) is 12.1. The highest BCUT2D eigenvalue weighted by Crippen LogP contribution is 2.09. The molecule has 0 aliphatic heterocycles. The SMILES string of the molecule is Cc1cc(C)n(Cc2cc(CNCC(C)C)no2)n1. The maximum Gasteiger partial charge on any atom is 0.158 e. The lowest BCUT2D eigenvalue weighted by atomic mass is 10.2. The number of nitrogens with one attached hydrogen (secondary N) is 1. The minimum absolute atomic E-state index is 0.636. The van der Waals surface area contributed by atoms with Gasteiger partial charge >= 0.3 is 0 Å². The Labute approximate surface area is 114 Å². The zero-order valence-electron chi connectivity index (χ0n) is 12.1. The number of aromatic nitrogens is 3. The second-order valence-electron chi connectivity index (χ2n) is 5.39. The van der Waals surface area contributed by atoms with Crippen molar-refractivity contribution in [2.45, 2.75) is 40.8 Å². The van der Waals surface area contributed by atoms with E-state index in [1.54, 1.807) is 0 Å². The van der Waals surface area contributed by atoms with Crippen molar-refractivity contribution in [1.82, 2.24) is 20.3 Å². The Morgan fingerprint density at radius 3 is 2.74 bits per heavy atom. The number of hydrogen-bond donors (Lipinski definition) is 1. The smallest absolute Gasteiger partial charge is 0.158 e. The van der Waals surface area contributed by atoms with Crippen molar-refractivity contribution < 1.29 is 4.52 Å². The Bertz CT molecular complexity index is 527. The van der Waals surface area contributed by atoms with Crippen LogP contribution in [0.1, 0.15) is 36.7 Å². The third kappa shape index (κ3) is 3.92. The van der Waals surface area contributed by atoms with Crippen LogP contribution in [-0.4, -0.2) is 21.5 Å². The number of hydrogen-bond acceptors (Lipinski definition) is 4. The molecule has 1 N–H and O–H groups in total. The van der Waals surface area contributed by atoms with Crippen LogP contribution in [0.3, 0.4) is 0 Å². The minimum atomic E-state index is 0.636. The van der Waals surface area contributed by atoms with Crippen LogP contribution in [0.25, 0.3) is 0 Å². The van der Waals surface area contributed by atoms with Crippen molar-refractivity contribution in [3.8, 4) is 0 Å². The summed E-state index contributed by atoms with van der Waals surface area (Å²) in [5, 5.41) is 11.8. The van der Waals surface area contributed by atoms with Gasteiger partial charge in [0.25, 0.3) is 0 Å². The summed E-state index contributed by atoms with van der Waals surface area (Å²) in [7, 11) is 0. The fraction of sp³-hybridized carbons (Fsp3) is 0.571. The fourth-order valence-electron chi connectivity index (χ4n) is 1.99. The standard InChI is InChI=1S/C14H22N4O/c1-10(2)7-15-8-13-6-14(19-17-13)9-18-12(4)5-11(3)16-18/h5-6,10,15H,7-9H2,1-4H3. The first-order chi connectivity index (χ1) is 9.04. The second kappa shape index (κ2) is 6.02. The van der Waals surface area contributed by atoms with Gasteiger partial charge in [-0.3, -0.25) is 4.68 Å². The van der Waals surface area contributed by atoms with E-state index in [9.17, 15) is 0 Å². The Morgan fingerprint density at radius 1 is 1.32 bits per heavy atom. The van der Waals surface area contributed by atoms with Crippen molar-refractivity contribution in [2.24, 2.45) is 5.92 Å². The molecule has 2 rings (SSSR count). The normalized spacial score (nSPS) is 11.4. The Kier molecular flexibility index (Phi) is 4.37. The first-order valence-electron chi connectivity index (χ1n) is 6.71. The Balaban J connectivity index is 1.92. The summed E-state index contributed by atoms with van der Waals surface area (Å²) in [5.41, 5.74) is 3.10. The van der Waals surface area contributed by atoms with Crippen LogP contribution in [-0.2, 0) is 13.1 Å². The van der Waals surface area contributed by atoms with Crippen LogP contribution >= 0.6 is 0 Å². The number of rotatable bonds is 6. The summed E-state index contributed by atoms with van der Waals surface area (Å²) < 4.78 is 7.27. The highest BCUT2D eigenvalue weighted by Gasteiger charge is 2.07. The molecule has 0 aliphatic carbocycles. The molecule has 0 amide bonds. The van der Waals surface area contributed by atoms with Gasteiger partial charge in [-0.15, -0.1) is 0 Å². The molecule has 5 heteroatoms. The molecule has 0 bridgehead atoms. The van der Waals surface area contributed by atoms with E-state index in [0.29, 0.717) is 12.5 Å². The van der Waals surface area contributed by atoms with Gasteiger partial charge in [0.05, 0.1) is 11.4 Å². The van der Waals surface area contributed by atoms with E-state index in [4.69, 9.17) is 4.52 Å². The molecule has 2 heterocycles. The van der Waals surface area contributed by atoms with Crippen molar-refractivity contribution in [3.05, 3.63) is 35.0 Å². The summed E-state index contributed by atoms with van der Waals surface area (Å²) in [5.74, 6) is 1.48. The molecule has 0 saturated heterocycles. The lowest BCUT2D eigenvalue weighted by Crippen LogP contribution is -2.19. The molecule has 0 spiro atoms. The predicted molar refractivity (Wildman–Crippen MR) is 73.9 cm³/mol. The Hall–Kier alpha value is -1.62. The van der Waals surface area contributed by atoms with Gasteiger partial charge in [0.1, 0.15) is 6.54 Å². The minimum Gasteiger partial charge on any atom is -0.359 e. The largest absolute Gasteiger partial charge is 0.359 e. The quantitative estimate of drug-likeness (QED) is 0.867. The molecular weight excluding hydrogens is 240 g/mol. The van der Waals surface area contributed by atoms with Crippen LogP contribution in [0.4, 0.5) is 0 Å². The highest BCUT2D eigenvalue weighted by atomic mass is 16.5. The summed E-state index contributed by atoms with van der Waals surface area (Å²) in [4.78, 5) is 0. The first kappa shape index (κ1) is 13.8. The third-order valence-electron chi connectivity index (χ3n) is 2.88. The topological polar surface area (TPSA) is 55.9 Å². The highest BCUT2D eigenvalue weighted by molar-refractivity contribution is 5.10. The molecule has 2 aromatic heterocycles. The molecule has 0 saturated carbocycles. The van der Waals surface area contributed by atoms with E-state index in [-0.39, 0.29) is 0 Å². The summed E-state index contributed by atoms with van der Waals surface area (Å²) in [6, 6.07) is 4.05. The molecule has 0 fully saturated rings. The maximum atomic E-state index is 5.34. The first-order valence-corrected chi connectivity index (χ1v) is 6.71. The van der Waals surface area contributed by atoms with E-state index in [2.05, 4.69) is 35.5 Å². The van der Waals surface area contributed by atoms with Crippen molar-refractivity contribution in [3.63, 3.8) is 0 Å². The Morgan fingerprint density at radius 2 is 2.11 bits per heavy atom. The second-order valence-corrected chi connectivity index (χ2v) is 5.39. The van der Waals surface area contributed by atoms with Gasteiger partial charge in [-0.25, -0.2) is 0 Å². The maximum absolute atomic E-state index is 5.34. The van der Waals surface area contributed by atoms with E-state index in [0.717, 1.165) is 35.9 Å².